The molecule has 0 spiro atoms. The topological polar surface area (TPSA) is 35.5 Å². The third-order valence-electron chi connectivity index (χ3n) is 2.32. The van der Waals surface area contributed by atoms with Crippen LogP contribution in [0.4, 0.5) is 11.4 Å². The van der Waals surface area contributed by atoms with Crippen LogP contribution in [0.3, 0.4) is 0 Å². The lowest BCUT2D eigenvalue weighted by molar-refractivity contribution is 0.476. The van der Waals surface area contributed by atoms with Crippen molar-refractivity contribution >= 4 is 23.1 Å². The molecule has 1 aromatic carbocycles. The number of aromatic hydroxyl groups is 1. The van der Waals surface area contributed by atoms with E-state index >= 15 is 0 Å². The lowest BCUT2D eigenvalue weighted by atomic mass is 10.2. The van der Waals surface area contributed by atoms with Crippen LogP contribution in [-0.2, 0) is 0 Å². The van der Waals surface area contributed by atoms with E-state index in [9.17, 15) is 5.11 Å². The zero-order chi connectivity index (χ0) is 10.1. The van der Waals surface area contributed by atoms with Crippen molar-refractivity contribution in [2.45, 2.75) is 12.4 Å². The van der Waals surface area contributed by atoms with Gasteiger partial charge in [-0.25, -0.2) is 0 Å². The second-order valence-corrected chi connectivity index (χ2v) is 4.62. The van der Waals surface area contributed by atoms with E-state index in [0.717, 1.165) is 17.1 Å². The van der Waals surface area contributed by atoms with Gasteiger partial charge in [0.2, 0.25) is 0 Å². The van der Waals surface area contributed by atoms with E-state index < -0.39 is 0 Å². The first kappa shape index (κ1) is 9.52. The van der Waals surface area contributed by atoms with Crippen LogP contribution >= 0.6 is 11.8 Å². The Hall–Kier alpha value is -1.03. The molecule has 0 saturated carbocycles. The van der Waals surface area contributed by atoms with Crippen molar-refractivity contribution < 1.29 is 5.11 Å². The summed E-state index contributed by atoms with van der Waals surface area (Å²) in [5.74, 6) is 1.38. The Bertz CT molecular complexity index is 343. The van der Waals surface area contributed by atoms with E-state index in [1.807, 2.05) is 17.8 Å². The summed E-state index contributed by atoms with van der Waals surface area (Å²) < 4.78 is 0. The second kappa shape index (κ2) is 3.61. The highest BCUT2D eigenvalue weighted by atomic mass is 32.2. The number of phenolic OH excluding ortho intramolecular Hbond substituents is 1. The number of hydrogen-bond acceptors (Lipinski definition) is 4. The van der Waals surface area contributed by atoms with Crippen molar-refractivity contribution in [3.05, 3.63) is 18.2 Å². The SMILES string of the molecule is CCSC1Nc2cc(O)ccc2N1C. The van der Waals surface area contributed by atoms with Crippen molar-refractivity contribution in [3.8, 4) is 5.75 Å². The van der Waals surface area contributed by atoms with E-state index in [0.29, 0.717) is 5.75 Å². The number of anilines is 2. The molecule has 0 radical (unpaired) electrons. The summed E-state index contributed by atoms with van der Waals surface area (Å²) in [6.07, 6.45) is 0. The Balaban J connectivity index is 2.26. The fourth-order valence-electron chi connectivity index (χ4n) is 1.61. The number of nitrogens with zero attached hydrogens (tertiary/aromatic N) is 1. The van der Waals surface area contributed by atoms with Gasteiger partial charge in [0.1, 0.15) is 11.2 Å². The third-order valence-corrected chi connectivity index (χ3v) is 3.40. The summed E-state index contributed by atoms with van der Waals surface area (Å²) in [5, 5.41) is 12.7. The van der Waals surface area contributed by atoms with E-state index in [-0.39, 0.29) is 5.50 Å². The number of rotatable bonds is 2. The maximum absolute atomic E-state index is 9.33. The molecule has 1 aliphatic heterocycles. The molecule has 1 atom stereocenters. The van der Waals surface area contributed by atoms with Crippen LogP contribution in [0, 0.1) is 0 Å². The summed E-state index contributed by atoms with van der Waals surface area (Å²) in [6, 6.07) is 5.42. The Kier molecular flexibility index (Phi) is 2.46. The number of thioether (sulfide) groups is 1. The first-order valence-corrected chi connectivity index (χ1v) is 5.71. The maximum Gasteiger partial charge on any atom is 0.148 e. The molecule has 1 aliphatic rings. The molecular formula is C10H14N2OS. The van der Waals surface area contributed by atoms with Gasteiger partial charge in [0.15, 0.2) is 0 Å². The highest BCUT2D eigenvalue weighted by Crippen LogP contribution is 2.38. The first-order valence-electron chi connectivity index (χ1n) is 4.66. The first-order chi connectivity index (χ1) is 6.72. The molecule has 2 N–H and O–H groups in total. The lowest BCUT2D eigenvalue weighted by Crippen LogP contribution is -2.28. The number of nitrogens with one attached hydrogen (secondary N) is 1. The van der Waals surface area contributed by atoms with Gasteiger partial charge in [0.05, 0.1) is 11.4 Å². The average Bonchev–Trinajstić information content (AvgIpc) is 2.44. The van der Waals surface area contributed by atoms with Gasteiger partial charge in [0, 0.05) is 13.1 Å². The second-order valence-electron chi connectivity index (χ2n) is 3.26. The van der Waals surface area contributed by atoms with Gasteiger partial charge in [-0.3, -0.25) is 0 Å². The third kappa shape index (κ3) is 1.50. The minimum absolute atomic E-state index is 0.289. The van der Waals surface area contributed by atoms with Crippen LogP contribution in [0.15, 0.2) is 18.2 Å². The molecule has 4 heteroatoms. The monoisotopic (exact) mass is 210 g/mol. The summed E-state index contributed by atoms with van der Waals surface area (Å²) in [7, 11) is 2.06. The zero-order valence-electron chi connectivity index (χ0n) is 8.32. The minimum atomic E-state index is 0.289. The van der Waals surface area contributed by atoms with Crippen molar-refractivity contribution in [1.82, 2.24) is 0 Å². The average molecular weight is 210 g/mol. The fourth-order valence-corrected chi connectivity index (χ4v) is 2.48. The largest absolute Gasteiger partial charge is 0.508 e. The maximum atomic E-state index is 9.33. The summed E-state index contributed by atoms with van der Waals surface area (Å²) in [6.45, 7) is 2.14. The zero-order valence-corrected chi connectivity index (χ0v) is 9.14. The van der Waals surface area contributed by atoms with Crippen LogP contribution < -0.4 is 10.2 Å². The number of phenols is 1. The summed E-state index contributed by atoms with van der Waals surface area (Å²) in [5.41, 5.74) is 2.45. The van der Waals surface area contributed by atoms with Crippen LogP contribution in [-0.4, -0.2) is 23.4 Å². The molecule has 2 rings (SSSR count). The molecule has 0 aliphatic carbocycles. The van der Waals surface area contributed by atoms with Crippen molar-refractivity contribution in [2.75, 3.05) is 23.0 Å². The quantitative estimate of drug-likeness (QED) is 0.785. The minimum Gasteiger partial charge on any atom is -0.508 e. The molecule has 76 valence electrons. The molecule has 1 heterocycles. The molecule has 0 aromatic heterocycles. The van der Waals surface area contributed by atoms with Crippen LogP contribution in [0.5, 0.6) is 5.75 Å². The fraction of sp³-hybridized carbons (Fsp3) is 0.400. The van der Waals surface area contributed by atoms with Gasteiger partial charge >= 0.3 is 0 Å². The number of benzene rings is 1. The molecule has 0 bridgehead atoms. The predicted octanol–water partition coefficient (Wildman–Crippen LogP) is 2.29. The Morgan fingerprint density at radius 2 is 2.36 bits per heavy atom. The molecule has 3 nitrogen and oxygen atoms in total. The standard InChI is InChI=1S/C10H14N2OS/c1-3-14-10-11-8-6-7(13)4-5-9(8)12(10)2/h4-6,10-11,13H,3H2,1-2H3. The van der Waals surface area contributed by atoms with Crippen LogP contribution in [0.2, 0.25) is 0 Å². The summed E-state index contributed by atoms with van der Waals surface area (Å²) in [4.78, 5) is 2.18. The van der Waals surface area contributed by atoms with Gasteiger partial charge in [-0.1, -0.05) is 6.92 Å². The van der Waals surface area contributed by atoms with Gasteiger partial charge in [-0.2, -0.15) is 0 Å². The Morgan fingerprint density at radius 3 is 3.07 bits per heavy atom. The smallest absolute Gasteiger partial charge is 0.148 e. The molecule has 1 aromatic rings. The predicted molar refractivity (Wildman–Crippen MR) is 62.1 cm³/mol. The van der Waals surface area contributed by atoms with E-state index in [1.54, 1.807) is 12.1 Å². The van der Waals surface area contributed by atoms with E-state index in [4.69, 9.17) is 0 Å². The molecule has 1 unspecified atom stereocenters. The molecule has 0 fully saturated rings. The van der Waals surface area contributed by atoms with Crippen molar-refractivity contribution in [3.63, 3.8) is 0 Å². The normalized spacial score (nSPS) is 19.3. The molecule has 0 amide bonds. The van der Waals surface area contributed by atoms with Gasteiger partial charge in [-0.05, 0) is 17.9 Å². The van der Waals surface area contributed by atoms with Crippen molar-refractivity contribution in [2.24, 2.45) is 0 Å². The van der Waals surface area contributed by atoms with Crippen molar-refractivity contribution in [1.29, 1.82) is 0 Å². The summed E-state index contributed by atoms with van der Waals surface area (Å²) >= 11 is 1.84. The van der Waals surface area contributed by atoms with Gasteiger partial charge in [0.25, 0.3) is 0 Å². The number of hydrogen-bond donors (Lipinski definition) is 2. The van der Waals surface area contributed by atoms with Crippen LogP contribution in [0.25, 0.3) is 0 Å². The van der Waals surface area contributed by atoms with E-state index in [1.165, 1.54) is 0 Å². The highest BCUT2D eigenvalue weighted by Gasteiger charge is 2.25. The molecule has 0 saturated heterocycles. The lowest BCUT2D eigenvalue weighted by Gasteiger charge is -2.20. The highest BCUT2D eigenvalue weighted by molar-refractivity contribution is 8.00. The Labute approximate surface area is 88.1 Å². The molecular weight excluding hydrogens is 196 g/mol. The van der Waals surface area contributed by atoms with Gasteiger partial charge < -0.3 is 15.3 Å². The molecule has 14 heavy (non-hydrogen) atoms. The number of fused-ring (bicyclic) bond motifs is 1. The van der Waals surface area contributed by atoms with Gasteiger partial charge in [-0.15, -0.1) is 11.8 Å². The Morgan fingerprint density at radius 1 is 1.57 bits per heavy atom. The van der Waals surface area contributed by atoms with E-state index in [2.05, 4.69) is 24.2 Å². The van der Waals surface area contributed by atoms with Crippen LogP contribution in [0.1, 0.15) is 6.92 Å².